The van der Waals surface area contributed by atoms with E-state index >= 15 is 0 Å². The van der Waals surface area contributed by atoms with Crippen molar-refractivity contribution < 1.29 is 0 Å². The lowest BCUT2D eigenvalue weighted by Gasteiger charge is -2.34. The lowest BCUT2D eigenvalue weighted by molar-refractivity contribution is 0.606. The second kappa shape index (κ2) is 5.15. The van der Waals surface area contributed by atoms with Crippen LogP contribution >= 0.6 is 11.8 Å². The van der Waals surface area contributed by atoms with Gasteiger partial charge >= 0.3 is 0 Å². The van der Waals surface area contributed by atoms with E-state index in [2.05, 4.69) is 58.7 Å². The van der Waals surface area contributed by atoms with Crippen LogP contribution in [-0.4, -0.2) is 19.1 Å². The normalized spacial score (nSPS) is 20.6. The first-order valence-electron chi connectivity index (χ1n) is 7.29. The monoisotopic (exact) mass is 282 g/mol. The van der Waals surface area contributed by atoms with Crippen LogP contribution in [-0.2, 0) is 0 Å². The van der Waals surface area contributed by atoms with Crippen molar-refractivity contribution in [3.05, 3.63) is 48.5 Å². The molecule has 102 valence electrons. The predicted molar refractivity (Wildman–Crippen MR) is 85.0 cm³/mol. The summed E-state index contributed by atoms with van der Waals surface area (Å²) in [6, 6.07) is 18.1. The minimum Gasteiger partial charge on any atom is -0.338 e. The molecule has 0 bridgehead atoms. The third-order valence-electron chi connectivity index (χ3n) is 4.10. The Hall–Kier alpha value is -1.45. The summed E-state index contributed by atoms with van der Waals surface area (Å²) in [5.74, 6) is 0. The van der Waals surface area contributed by atoms with Crippen molar-refractivity contribution in [2.75, 3.05) is 18.0 Å². The van der Waals surface area contributed by atoms with Gasteiger partial charge < -0.3 is 10.2 Å². The molecule has 2 nitrogen and oxygen atoms in total. The summed E-state index contributed by atoms with van der Waals surface area (Å²) in [5, 5.41) is 3.62. The molecule has 2 aliphatic rings. The largest absolute Gasteiger partial charge is 0.338 e. The number of fused-ring (bicyclic) bond motifs is 2. The summed E-state index contributed by atoms with van der Waals surface area (Å²) in [5.41, 5.74) is 2.70. The van der Waals surface area contributed by atoms with Gasteiger partial charge in [-0.25, -0.2) is 0 Å². The van der Waals surface area contributed by atoms with E-state index < -0.39 is 0 Å². The average molecular weight is 282 g/mol. The van der Waals surface area contributed by atoms with Gasteiger partial charge in [-0.1, -0.05) is 36.0 Å². The highest BCUT2D eigenvalue weighted by atomic mass is 32.2. The van der Waals surface area contributed by atoms with Gasteiger partial charge in [0.1, 0.15) is 0 Å². The first-order valence-corrected chi connectivity index (χ1v) is 8.10. The lowest BCUT2D eigenvalue weighted by atomic mass is 10.1. The molecule has 0 aromatic heterocycles. The van der Waals surface area contributed by atoms with E-state index in [-0.39, 0.29) is 0 Å². The summed E-state index contributed by atoms with van der Waals surface area (Å²) in [6.45, 7) is 2.23. The molecule has 1 fully saturated rings. The van der Waals surface area contributed by atoms with E-state index in [9.17, 15) is 0 Å². The Morgan fingerprint density at radius 1 is 1.00 bits per heavy atom. The fraction of sp³-hybridized carbons (Fsp3) is 0.294. The highest BCUT2D eigenvalue weighted by molar-refractivity contribution is 7.99. The Morgan fingerprint density at radius 3 is 2.25 bits per heavy atom. The molecule has 1 N–H and O–H groups in total. The molecular formula is C17H18N2S. The van der Waals surface area contributed by atoms with E-state index in [0.717, 1.165) is 13.1 Å². The Bertz CT molecular complexity index is 574. The molecule has 0 unspecified atom stereocenters. The predicted octanol–water partition coefficient (Wildman–Crippen LogP) is 4.04. The van der Waals surface area contributed by atoms with E-state index in [1.54, 1.807) is 0 Å². The SMILES string of the molecule is c1ccc2c(c1)Sc1ccccc1N2C[C@@H]1CCCN1. The third kappa shape index (κ3) is 2.11. The molecule has 1 saturated heterocycles. The molecule has 0 radical (unpaired) electrons. The minimum absolute atomic E-state index is 0.610. The van der Waals surface area contributed by atoms with Gasteiger partial charge in [0.25, 0.3) is 0 Å². The highest BCUT2D eigenvalue weighted by Crippen LogP contribution is 2.47. The van der Waals surface area contributed by atoms with Crippen molar-refractivity contribution in [1.29, 1.82) is 0 Å². The summed E-state index contributed by atoms with van der Waals surface area (Å²) in [6.07, 6.45) is 2.59. The molecular weight excluding hydrogens is 264 g/mol. The molecule has 2 aromatic carbocycles. The number of hydrogen-bond donors (Lipinski definition) is 1. The Labute approximate surface area is 124 Å². The Balaban J connectivity index is 1.75. The van der Waals surface area contributed by atoms with Gasteiger partial charge in [-0.05, 0) is 43.7 Å². The molecule has 0 amide bonds. The maximum atomic E-state index is 3.62. The smallest absolute Gasteiger partial charge is 0.0553 e. The average Bonchev–Trinajstić information content (AvgIpc) is 3.00. The molecule has 3 heteroatoms. The summed E-state index contributed by atoms with van der Waals surface area (Å²) in [4.78, 5) is 5.22. The van der Waals surface area contributed by atoms with Gasteiger partial charge in [0.05, 0.1) is 11.4 Å². The zero-order valence-corrected chi connectivity index (χ0v) is 12.2. The van der Waals surface area contributed by atoms with Crippen LogP contribution < -0.4 is 10.2 Å². The molecule has 0 saturated carbocycles. The zero-order valence-electron chi connectivity index (χ0n) is 11.4. The van der Waals surface area contributed by atoms with Crippen molar-refractivity contribution in [3.63, 3.8) is 0 Å². The van der Waals surface area contributed by atoms with Crippen molar-refractivity contribution in [2.45, 2.75) is 28.7 Å². The quantitative estimate of drug-likeness (QED) is 0.895. The fourth-order valence-electron chi connectivity index (χ4n) is 3.11. The Kier molecular flexibility index (Phi) is 3.17. The van der Waals surface area contributed by atoms with Gasteiger partial charge in [0.2, 0.25) is 0 Å². The van der Waals surface area contributed by atoms with Crippen molar-refractivity contribution in [3.8, 4) is 0 Å². The number of anilines is 2. The molecule has 0 spiro atoms. The third-order valence-corrected chi connectivity index (χ3v) is 5.23. The van der Waals surface area contributed by atoms with Gasteiger partial charge in [0, 0.05) is 22.4 Å². The molecule has 20 heavy (non-hydrogen) atoms. The second-order valence-corrected chi connectivity index (χ2v) is 6.53. The van der Waals surface area contributed by atoms with Crippen LogP contribution in [0.3, 0.4) is 0 Å². The summed E-state index contributed by atoms with van der Waals surface area (Å²) < 4.78 is 0. The lowest BCUT2D eigenvalue weighted by Crippen LogP contribution is -2.36. The summed E-state index contributed by atoms with van der Waals surface area (Å²) in [7, 11) is 0. The van der Waals surface area contributed by atoms with E-state index in [0.29, 0.717) is 6.04 Å². The van der Waals surface area contributed by atoms with Crippen LogP contribution in [0.4, 0.5) is 11.4 Å². The van der Waals surface area contributed by atoms with Gasteiger partial charge in [-0.2, -0.15) is 0 Å². The van der Waals surface area contributed by atoms with Crippen LogP contribution in [0.1, 0.15) is 12.8 Å². The van der Waals surface area contributed by atoms with Gasteiger partial charge in [-0.15, -0.1) is 0 Å². The molecule has 4 rings (SSSR count). The minimum atomic E-state index is 0.610. The van der Waals surface area contributed by atoms with E-state index in [4.69, 9.17) is 0 Å². The number of benzene rings is 2. The highest BCUT2D eigenvalue weighted by Gasteiger charge is 2.26. The topological polar surface area (TPSA) is 15.3 Å². The van der Waals surface area contributed by atoms with Crippen LogP contribution in [0.2, 0.25) is 0 Å². The fourth-order valence-corrected chi connectivity index (χ4v) is 4.21. The van der Waals surface area contributed by atoms with Crippen molar-refractivity contribution in [1.82, 2.24) is 5.32 Å². The maximum Gasteiger partial charge on any atom is 0.0553 e. The number of hydrogen-bond acceptors (Lipinski definition) is 3. The first kappa shape index (κ1) is 12.3. The number of para-hydroxylation sites is 2. The summed E-state index contributed by atoms with van der Waals surface area (Å²) >= 11 is 1.88. The molecule has 2 aromatic rings. The molecule has 2 heterocycles. The van der Waals surface area contributed by atoms with Crippen LogP contribution in [0, 0.1) is 0 Å². The maximum absolute atomic E-state index is 3.62. The van der Waals surface area contributed by atoms with Crippen molar-refractivity contribution in [2.24, 2.45) is 0 Å². The zero-order chi connectivity index (χ0) is 13.4. The van der Waals surface area contributed by atoms with Gasteiger partial charge in [0.15, 0.2) is 0 Å². The van der Waals surface area contributed by atoms with Gasteiger partial charge in [-0.3, -0.25) is 0 Å². The molecule has 0 aliphatic carbocycles. The van der Waals surface area contributed by atoms with Crippen LogP contribution in [0.25, 0.3) is 0 Å². The van der Waals surface area contributed by atoms with Crippen LogP contribution in [0.5, 0.6) is 0 Å². The Morgan fingerprint density at radius 2 is 1.65 bits per heavy atom. The number of nitrogens with zero attached hydrogens (tertiary/aromatic N) is 1. The number of rotatable bonds is 2. The molecule has 1 atom stereocenters. The van der Waals surface area contributed by atoms with E-state index in [1.807, 2.05) is 11.8 Å². The first-order chi connectivity index (χ1) is 9.92. The van der Waals surface area contributed by atoms with E-state index in [1.165, 1.54) is 34.0 Å². The molecule has 2 aliphatic heterocycles. The number of nitrogens with one attached hydrogen (secondary N) is 1. The van der Waals surface area contributed by atoms with Crippen LogP contribution in [0.15, 0.2) is 58.3 Å². The van der Waals surface area contributed by atoms with Crippen molar-refractivity contribution >= 4 is 23.1 Å². The standard InChI is InChI=1S/C17H18N2S/c1-3-9-16-14(7-1)19(12-13-6-5-11-18-13)15-8-2-4-10-17(15)20-16/h1-4,7-10,13,18H,5-6,11-12H2/t13-/m0/s1. The second-order valence-electron chi connectivity index (χ2n) is 5.44.